The average molecular weight is 697 g/mol. The zero-order valence-corrected chi connectivity index (χ0v) is 30.8. The van der Waals surface area contributed by atoms with Gasteiger partial charge in [-0.15, -0.1) is 0 Å². The number of amides is 1. The molecule has 9 heteroatoms. The van der Waals surface area contributed by atoms with E-state index in [1.54, 1.807) is 6.20 Å². The van der Waals surface area contributed by atoms with Crippen LogP contribution < -0.4 is 15.0 Å². The Kier molecular flexibility index (Phi) is 13.9. The second-order valence-electron chi connectivity index (χ2n) is 13.3. The first-order chi connectivity index (χ1) is 24.3. The third-order valence-electron chi connectivity index (χ3n) is 8.61. The lowest BCUT2D eigenvalue weighted by Gasteiger charge is -2.30. The molecule has 1 aliphatic rings. The monoisotopic (exact) mass is 696 g/mol. The first-order valence-corrected chi connectivity index (χ1v) is 19.4. The van der Waals surface area contributed by atoms with Crippen LogP contribution >= 0.6 is 0 Å². The van der Waals surface area contributed by atoms with Gasteiger partial charge in [-0.05, 0) is 103 Å². The van der Waals surface area contributed by atoms with Crippen LogP contribution in [0.2, 0.25) is 0 Å². The molecule has 2 heterocycles. The molecule has 1 atom stereocenters. The van der Waals surface area contributed by atoms with Crippen molar-refractivity contribution in [1.82, 2.24) is 9.97 Å². The van der Waals surface area contributed by atoms with Gasteiger partial charge in [0.1, 0.15) is 18.2 Å². The van der Waals surface area contributed by atoms with E-state index >= 15 is 0 Å². The number of nitrogens with zero attached hydrogens (tertiary/aromatic N) is 2. The number of rotatable bonds is 17. The molecule has 1 unspecified atom stereocenters. The summed E-state index contributed by atoms with van der Waals surface area (Å²) in [6, 6.07) is 22.0. The Hall–Kier alpha value is -4.21. The molecule has 2 N–H and O–H groups in total. The lowest BCUT2D eigenvalue weighted by Crippen LogP contribution is -2.30. The Morgan fingerprint density at radius 2 is 1.76 bits per heavy atom. The second-order valence-corrected chi connectivity index (χ2v) is 14.7. The summed E-state index contributed by atoms with van der Waals surface area (Å²) in [7, 11) is -1.22. The summed E-state index contributed by atoms with van der Waals surface area (Å²) in [4.78, 5) is 24.5. The zero-order chi connectivity index (χ0) is 35.3. The summed E-state index contributed by atoms with van der Waals surface area (Å²) >= 11 is 0. The smallest absolute Gasteiger partial charge is 0.251 e. The van der Waals surface area contributed by atoms with Crippen molar-refractivity contribution in [2.24, 2.45) is 5.92 Å². The van der Waals surface area contributed by atoms with Gasteiger partial charge in [0.15, 0.2) is 0 Å². The number of H-pyrrole nitrogens is 1. The lowest BCUT2D eigenvalue weighted by atomic mass is 9.96. The number of nitrogens with one attached hydrogen (secondary N) is 2. The van der Waals surface area contributed by atoms with Crippen LogP contribution in [0.25, 0.3) is 17.2 Å². The first kappa shape index (κ1) is 37.1. The third kappa shape index (κ3) is 10.6. The van der Waals surface area contributed by atoms with Crippen LogP contribution in [-0.2, 0) is 32.5 Å². The number of fused-ring (bicyclic) bond motifs is 1. The molecule has 4 aromatic rings. The van der Waals surface area contributed by atoms with Crippen molar-refractivity contribution in [1.29, 1.82) is 0 Å². The number of hydrogen-bond donors (Lipinski definition) is 2. The summed E-state index contributed by atoms with van der Waals surface area (Å²) < 4.78 is 24.5. The van der Waals surface area contributed by atoms with Gasteiger partial charge in [0.05, 0.1) is 23.2 Å². The van der Waals surface area contributed by atoms with Crippen LogP contribution in [0.4, 0.5) is 11.4 Å². The van der Waals surface area contributed by atoms with Crippen molar-refractivity contribution in [3.63, 3.8) is 0 Å². The molecule has 0 saturated carbocycles. The average Bonchev–Trinajstić information content (AvgIpc) is 3.55. The van der Waals surface area contributed by atoms with Gasteiger partial charge in [-0.2, -0.15) is 0 Å². The first-order valence-electron chi connectivity index (χ1n) is 18.1. The molecule has 3 aromatic carbocycles. The van der Waals surface area contributed by atoms with Crippen molar-refractivity contribution in [3.05, 3.63) is 95.6 Å². The summed E-state index contributed by atoms with van der Waals surface area (Å²) in [5.74, 6) is 2.50. The fourth-order valence-electron chi connectivity index (χ4n) is 6.07. The minimum absolute atomic E-state index is 0.117. The van der Waals surface area contributed by atoms with Crippen molar-refractivity contribution < 1.29 is 18.5 Å². The number of anilines is 2. The number of benzene rings is 3. The third-order valence-corrected chi connectivity index (χ3v) is 9.98. The quantitative estimate of drug-likeness (QED) is 0.107. The number of imidazole rings is 1. The summed E-state index contributed by atoms with van der Waals surface area (Å²) in [6.45, 7) is 12.4. The van der Waals surface area contributed by atoms with Crippen LogP contribution in [0, 0.1) is 5.92 Å². The fourth-order valence-corrected chi connectivity index (χ4v) is 7.10. The molecule has 0 saturated heterocycles. The number of aromatic nitrogens is 2. The van der Waals surface area contributed by atoms with E-state index in [9.17, 15) is 9.00 Å². The van der Waals surface area contributed by atoms with Crippen LogP contribution in [0.15, 0.2) is 83.4 Å². The standard InChI is InChI=1S/C41H52N4O4S/c1-5-7-22-48-23-24-49-37-16-11-31(12-17-37)32-13-20-39-34(25-32)26-33(10-8-21-45(39)28-30(3)4)41(46)44-35-14-18-38(19-15-35)50(47)29-36-27-42-40(43-36)9-6-2/h11-20,25-27,30H,5-10,21-24,28-29H2,1-4H3,(H,42,43)(H,44,46). The molecule has 8 nitrogen and oxygen atoms in total. The molecule has 266 valence electrons. The highest BCUT2D eigenvalue weighted by molar-refractivity contribution is 7.84. The number of unbranched alkanes of at least 4 members (excludes halogenated alkanes) is 1. The number of carbonyl (C=O) groups excluding carboxylic acids is 1. The summed E-state index contributed by atoms with van der Waals surface area (Å²) in [5, 5.41) is 3.09. The van der Waals surface area contributed by atoms with Crippen LogP contribution in [0.1, 0.15) is 76.9 Å². The number of aromatic amines is 1. The normalized spacial score (nSPS) is 13.7. The van der Waals surface area contributed by atoms with E-state index < -0.39 is 10.8 Å². The van der Waals surface area contributed by atoms with Crippen LogP contribution in [-0.4, -0.2) is 53.0 Å². The minimum atomic E-state index is -1.22. The highest BCUT2D eigenvalue weighted by Crippen LogP contribution is 2.33. The molecular weight excluding hydrogens is 645 g/mol. The van der Waals surface area contributed by atoms with E-state index in [1.807, 2.05) is 36.4 Å². The number of hydrogen-bond acceptors (Lipinski definition) is 6. The highest BCUT2D eigenvalue weighted by atomic mass is 32.2. The predicted octanol–water partition coefficient (Wildman–Crippen LogP) is 8.81. The Bertz CT molecular complexity index is 1730. The minimum Gasteiger partial charge on any atom is -0.491 e. The van der Waals surface area contributed by atoms with E-state index in [0.29, 0.717) is 41.9 Å². The van der Waals surface area contributed by atoms with Crippen LogP contribution in [0.5, 0.6) is 5.75 Å². The zero-order valence-electron chi connectivity index (χ0n) is 30.0. The van der Waals surface area contributed by atoms with Crippen molar-refractivity contribution in [2.45, 2.75) is 76.9 Å². The van der Waals surface area contributed by atoms with E-state index in [2.05, 4.69) is 84.3 Å². The molecule has 1 aromatic heterocycles. The van der Waals surface area contributed by atoms with Gasteiger partial charge in [0, 0.05) is 59.9 Å². The molecule has 1 amide bonds. The van der Waals surface area contributed by atoms with Gasteiger partial charge in [0.2, 0.25) is 0 Å². The molecule has 50 heavy (non-hydrogen) atoms. The van der Waals surface area contributed by atoms with E-state index in [1.165, 1.54) is 0 Å². The van der Waals surface area contributed by atoms with E-state index in [-0.39, 0.29) is 5.91 Å². The Morgan fingerprint density at radius 3 is 2.50 bits per heavy atom. The Balaban J connectivity index is 1.29. The number of aryl methyl sites for hydroxylation is 1. The maximum atomic E-state index is 13.7. The van der Waals surface area contributed by atoms with Gasteiger partial charge in [-0.3, -0.25) is 9.00 Å². The molecule has 1 aliphatic heterocycles. The summed E-state index contributed by atoms with van der Waals surface area (Å²) in [6.07, 6.45) is 9.44. The molecule has 0 fully saturated rings. The molecule has 0 aliphatic carbocycles. The van der Waals surface area contributed by atoms with Crippen molar-refractivity contribution in [3.8, 4) is 16.9 Å². The number of carbonyl (C=O) groups is 1. The largest absolute Gasteiger partial charge is 0.491 e. The number of ether oxygens (including phenoxy) is 2. The fraction of sp³-hybridized carbons (Fsp3) is 0.415. The van der Waals surface area contributed by atoms with Crippen LogP contribution in [0.3, 0.4) is 0 Å². The van der Waals surface area contributed by atoms with Gasteiger partial charge in [0.25, 0.3) is 5.91 Å². The molecule has 0 bridgehead atoms. The van der Waals surface area contributed by atoms with E-state index in [0.717, 1.165) is 97.0 Å². The Morgan fingerprint density at radius 1 is 0.980 bits per heavy atom. The maximum absolute atomic E-state index is 13.7. The van der Waals surface area contributed by atoms with Crippen molar-refractivity contribution >= 4 is 34.2 Å². The molecule has 0 spiro atoms. The second kappa shape index (κ2) is 18.7. The maximum Gasteiger partial charge on any atom is 0.251 e. The molecule has 0 radical (unpaired) electrons. The van der Waals surface area contributed by atoms with Gasteiger partial charge in [-0.1, -0.05) is 52.3 Å². The van der Waals surface area contributed by atoms with E-state index in [4.69, 9.17) is 9.47 Å². The van der Waals surface area contributed by atoms with Gasteiger partial charge in [-0.25, -0.2) is 4.98 Å². The lowest BCUT2D eigenvalue weighted by molar-refractivity contribution is -0.112. The molecular formula is C41H52N4O4S. The molecule has 5 rings (SSSR count). The van der Waals surface area contributed by atoms with Gasteiger partial charge < -0.3 is 24.7 Å². The highest BCUT2D eigenvalue weighted by Gasteiger charge is 2.20. The topological polar surface area (TPSA) is 96.5 Å². The van der Waals surface area contributed by atoms with Crippen molar-refractivity contribution in [2.75, 3.05) is 43.1 Å². The Labute approximate surface area is 300 Å². The summed E-state index contributed by atoms with van der Waals surface area (Å²) in [5.41, 5.74) is 6.62. The predicted molar refractivity (Wildman–Crippen MR) is 205 cm³/mol. The van der Waals surface area contributed by atoms with Gasteiger partial charge >= 0.3 is 0 Å². The SMILES string of the molecule is CCCCOCCOc1ccc(-c2ccc3c(c2)C=C(C(=O)Nc2ccc(S(=O)Cc4cnc(CCC)[nH]4)cc2)CCCN3CC(C)C)cc1.